The van der Waals surface area contributed by atoms with E-state index >= 15 is 0 Å². The first kappa shape index (κ1) is 12.2. The maximum atomic E-state index is 13.0. The molecule has 0 N–H and O–H groups in total. The Morgan fingerprint density at radius 1 is 1.18 bits per heavy atom. The van der Waals surface area contributed by atoms with Crippen LogP contribution in [0.4, 0.5) is 4.39 Å². The summed E-state index contributed by atoms with van der Waals surface area (Å²) in [5, 5.41) is 9.06. The van der Waals surface area contributed by atoms with Gasteiger partial charge in [0.05, 0.1) is 5.56 Å². The zero-order valence-electron chi connectivity index (χ0n) is 8.65. The molecule has 0 saturated carbocycles. The SMILES string of the molecule is N#Cc1c(Br)cccc1Sc1cccc(F)c1. The van der Waals surface area contributed by atoms with Crippen LogP contribution in [0, 0.1) is 17.1 Å². The highest BCUT2D eigenvalue weighted by Gasteiger charge is 2.07. The molecule has 0 aliphatic heterocycles. The minimum absolute atomic E-state index is 0.275. The Hall–Kier alpha value is -1.31. The predicted octanol–water partition coefficient (Wildman–Crippen LogP) is 4.61. The number of halogens is 2. The van der Waals surface area contributed by atoms with Crippen molar-refractivity contribution in [1.29, 1.82) is 5.26 Å². The summed E-state index contributed by atoms with van der Waals surface area (Å²) in [6.45, 7) is 0. The fourth-order valence-corrected chi connectivity index (χ4v) is 2.92. The molecular weight excluding hydrogens is 301 g/mol. The van der Waals surface area contributed by atoms with Crippen molar-refractivity contribution in [3.05, 3.63) is 58.3 Å². The van der Waals surface area contributed by atoms with E-state index in [1.54, 1.807) is 6.07 Å². The summed E-state index contributed by atoms with van der Waals surface area (Å²) in [4.78, 5) is 1.59. The number of rotatable bonds is 2. The first-order chi connectivity index (χ1) is 8.20. The normalized spacial score (nSPS) is 9.94. The number of hydrogen-bond donors (Lipinski definition) is 0. The molecule has 0 atom stereocenters. The van der Waals surface area contributed by atoms with Crippen LogP contribution in [0.2, 0.25) is 0 Å². The highest BCUT2D eigenvalue weighted by Crippen LogP contribution is 2.33. The Labute approximate surface area is 111 Å². The second kappa shape index (κ2) is 5.35. The molecule has 1 nitrogen and oxygen atoms in total. The Morgan fingerprint density at radius 3 is 2.65 bits per heavy atom. The molecule has 0 unspecified atom stereocenters. The lowest BCUT2D eigenvalue weighted by molar-refractivity contribution is 0.624. The van der Waals surface area contributed by atoms with E-state index in [0.29, 0.717) is 5.56 Å². The van der Waals surface area contributed by atoms with Crippen LogP contribution in [-0.2, 0) is 0 Å². The monoisotopic (exact) mass is 307 g/mol. The largest absolute Gasteiger partial charge is 0.207 e. The van der Waals surface area contributed by atoms with Crippen LogP contribution >= 0.6 is 27.7 Å². The van der Waals surface area contributed by atoms with Crippen LogP contribution < -0.4 is 0 Å². The smallest absolute Gasteiger partial charge is 0.124 e. The van der Waals surface area contributed by atoms with Crippen LogP contribution in [-0.4, -0.2) is 0 Å². The van der Waals surface area contributed by atoms with Gasteiger partial charge >= 0.3 is 0 Å². The van der Waals surface area contributed by atoms with Crippen molar-refractivity contribution in [2.24, 2.45) is 0 Å². The van der Waals surface area contributed by atoms with Gasteiger partial charge in [0.25, 0.3) is 0 Å². The molecule has 0 bridgehead atoms. The third kappa shape index (κ3) is 2.87. The first-order valence-corrected chi connectivity index (χ1v) is 6.43. The van der Waals surface area contributed by atoms with Gasteiger partial charge in [-0.3, -0.25) is 0 Å². The van der Waals surface area contributed by atoms with Gasteiger partial charge in [0.1, 0.15) is 11.9 Å². The topological polar surface area (TPSA) is 23.8 Å². The van der Waals surface area contributed by atoms with Gasteiger partial charge in [-0.1, -0.05) is 23.9 Å². The Balaban J connectivity index is 2.37. The van der Waals surface area contributed by atoms with Gasteiger partial charge in [0, 0.05) is 14.3 Å². The van der Waals surface area contributed by atoms with Gasteiger partial charge in [-0.2, -0.15) is 5.26 Å². The van der Waals surface area contributed by atoms with Crippen molar-refractivity contribution in [1.82, 2.24) is 0 Å². The van der Waals surface area contributed by atoms with E-state index in [-0.39, 0.29) is 5.82 Å². The van der Waals surface area contributed by atoms with Crippen molar-refractivity contribution < 1.29 is 4.39 Å². The molecule has 0 radical (unpaired) electrons. The van der Waals surface area contributed by atoms with Gasteiger partial charge in [0.2, 0.25) is 0 Å². The van der Waals surface area contributed by atoms with Crippen LogP contribution in [0.15, 0.2) is 56.7 Å². The zero-order chi connectivity index (χ0) is 12.3. The van der Waals surface area contributed by atoms with Crippen molar-refractivity contribution in [3.63, 3.8) is 0 Å². The van der Waals surface area contributed by atoms with Gasteiger partial charge < -0.3 is 0 Å². The highest BCUT2D eigenvalue weighted by molar-refractivity contribution is 9.10. The molecule has 0 aliphatic carbocycles. The van der Waals surface area contributed by atoms with Crippen molar-refractivity contribution in [2.45, 2.75) is 9.79 Å². The lowest BCUT2D eigenvalue weighted by atomic mass is 10.2. The number of benzene rings is 2. The van der Waals surface area contributed by atoms with Crippen LogP contribution in [0.5, 0.6) is 0 Å². The molecule has 2 aromatic rings. The summed E-state index contributed by atoms with van der Waals surface area (Å²) in [5.74, 6) is -0.275. The van der Waals surface area contributed by atoms with Crippen LogP contribution in [0.1, 0.15) is 5.56 Å². The number of nitriles is 1. The van der Waals surface area contributed by atoms with E-state index in [1.165, 1.54) is 23.9 Å². The molecule has 0 aliphatic rings. The second-order valence-corrected chi connectivity index (χ2v) is 5.25. The predicted molar refractivity (Wildman–Crippen MR) is 69.4 cm³/mol. The minimum Gasteiger partial charge on any atom is -0.207 e. The standard InChI is InChI=1S/C13H7BrFNS/c14-12-5-2-6-13(11(12)8-16)17-10-4-1-3-9(15)7-10/h1-7H. The summed E-state index contributed by atoms with van der Waals surface area (Å²) in [6, 6.07) is 14.0. The molecule has 0 spiro atoms. The minimum atomic E-state index is -0.275. The first-order valence-electron chi connectivity index (χ1n) is 4.83. The van der Waals surface area contributed by atoms with E-state index < -0.39 is 0 Å². The van der Waals surface area contributed by atoms with Gasteiger partial charge in [0.15, 0.2) is 0 Å². The Morgan fingerprint density at radius 2 is 1.94 bits per heavy atom. The quantitative estimate of drug-likeness (QED) is 0.809. The van der Waals surface area contributed by atoms with Gasteiger partial charge in [-0.15, -0.1) is 0 Å². The summed E-state index contributed by atoms with van der Waals surface area (Å²) < 4.78 is 13.8. The van der Waals surface area contributed by atoms with Crippen molar-refractivity contribution in [3.8, 4) is 6.07 Å². The molecule has 2 rings (SSSR count). The molecule has 84 valence electrons. The molecule has 2 aromatic carbocycles. The van der Waals surface area contributed by atoms with Gasteiger partial charge in [-0.05, 0) is 46.3 Å². The summed E-state index contributed by atoms with van der Waals surface area (Å²) in [6.07, 6.45) is 0. The second-order valence-electron chi connectivity index (χ2n) is 3.28. The van der Waals surface area contributed by atoms with Crippen molar-refractivity contribution in [2.75, 3.05) is 0 Å². The van der Waals surface area contributed by atoms with E-state index in [9.17, 15) is 4.39 Å². The lowest BCUT2D eigenvalue weighted by Crippen LogP contribution is -1.83. The number of nitrogens with zero attached hydrogens (tertiary/aromatic N) is 1. The lowest BCUT2D eigenvalue weighted by Gasteiger charge is -2.05. The molecule has 0 fully saturated rings. The van der Waals surface area contributed by atoms with E-state index in [1.807, 2.05) is 24.3 Å². The van der Waals surface area contributed by atoms with E-state index in [2.05, 4.69) is 22.0 Å². The Bertz CT molecular complexity index is 592. The maximum absolute atomic E-state index is 13.0. The van der Waals surface area contributed by atoms with Crippen LogP contribution in [0.25, 0.3) is 0 Å². The summed E-state index contributed by atoms with van der Waals surface area (Å²) in [5.41, 5.74) is 0.571. The maximum Gasteiger partial charge on any atom is 0.124 e. The highest BCUT2D eigenvalue weighted by atomic mass is 79.9. The molecular formula is C13H7BrFNS. The average molecular weight is 308 g/mol. The summed E-state index contributed by atoms with van der Waals surface area (Å²) >= 11 is 4.70. The average Bonchev–Trinajstić information content (AvgIpc) is 2.29. The number of hydrogen-bond acceptors (Lipinski definition) is 2. The third-order valence-corrected chi connectivity index (χ3v) is 3.82. The van der Waals surface area contributed by atoms with Gasteiger partial charge in [-0.25, -0.2) is 4.39 Å². The fourth-order valence-electron chi connectivity index (χ4n) is 1.36. The molecule has 0 saturated heterocycles. The van der Waals surface area contributed by atoms with Crippen LogP contribution in [0.3, 0.4) is 0 Å². The van der Waals surface area contributed by atoms with E-state index in [0.717, 1.165) is 14.3 Å². The third-order valence-electron chi connectivity index (χ3n) is 2.11. The fraction of sp³-hybridized carbons (Fsp3) is 0. The molecule has 0 amide bonds. The van der Waals surface area contributed by atoms with Crippen molar-refractivity contribution >= 4 is 27.7 Å². The molecule has 0 aromatic heterocycles. The molecule has 17 heavy (non-hydrogen) atoms. The zero-order valence-corrected chi connectivity index (χ0v) is 11.1. The summed E-state index contributed by atoms with van der Waals surface area (Å²) in [7, 11) is 0. The molecule has 0 heterocycles. The molecule has 4 heteroatoms. The Kier molecular flexibility index (Phi) is 3.82. The van der Waals surface area contributed by atoms with E-state index in [4.69, 9.17) is 5.26 Å².